The molecule has 0 spiro atoms. The first kappa shape index (κ1) is 18.4. The fourth-order valence-corrected chi connectivity index (χ4v) is 3.93. The third-order valence-corrected chi connectivity index (χ3v) is 6.33. The average Bonchev–Trinajstić information content (AvgIpc) is 2.59. The second-order valence-electron chi connectivity index (χ2n) is 6.19. The van der Waals surface area contributed by atoms with Gasteiger partial charge in [0.25, 0.3) is 0 Å². The Hall–Kier alpha value is -1.41. The van der Waals surface area contributed by atoms with Gasteiger partial charge in [0.1, 0.15) is 5.75 Å². The van der Waals surface area contributed by atoms with E-state index < -0.39 is 9.84 Å². The van der Waals surface area contributed by atoms with Crippen LogP contribution < -0.4 is 0 Å². The predicted molar refractivity (Wildman–Crippen MR) is 99.3 cm³/mol. The number of rotatable bonds is 4. The number of sulfone groups is 1. The molecule has 0 aliphatic carbocycles. The molecule has 1 unspecified atom stereocenters. The first-order chi connectivity index (χ1) is 11.8. The van der Waals surface area contributed by atoms with Crippen LogP contribution in [-0.4, -0.2) is 44.4 Å². The fraction of sp³-hybridized carbons (Fsp3) is 0.333. The van der Waals surface area contributed by atoms with Gasteiger partial charge in [-0.1, -0.05) is 24.3 Å². The third-order valence-electron chi connectivity index (χ3n) is 4.28. The first-order valence-electron chi connectivity index (χ1n) is 7.95. The minimum Gasteiger partial charge on any atom is -0.507 e. The number of aromatic hydroxyl groups is 1. The molecule has 0 radical (unpaired) electrons. The minimum atomic E-state index is -3.19. The van der Waals surface area contributed by atoms with Gasteiger partial charge in [-0.3, -0.25) is 4.90 Å². The van der Waals surface area contributed by atoms with E-state index in [1.165, 1.54) is 6.26 Å². The molecule has 1 saturated heterocycles. The summed E-state index contributed by atoms with van der Waals surface area (Å²) in [6.45, 7) is 2.82. The molecule has 2 aromatic carbocycles. The monoisotopic (exact) mass is 425 g/mol. The lowest BCUT2D eigenvalue weighted by Gasteiger charge is -2.33. The van der Waals surface area contributed by atoms with Crippen molar-refractivity contribution in [2.75, 3.05) is 26.0 Å². The van der Waals surface area contributed by atoms with Gasteiger partial charge in [0.05, 0.1) is 22.1 Å². The molecule has 2 aromatic rings. The lowest BCUT2D eigenvalue weighted by Crippen LogP contribution is -2.37. The number of morpholine rings is 1. The van der Waals surface area contributed by atoms with Gasteiger partial charge in [-0.25, -0.2) is 8.42 Å². The Morgan fingerprint density at radius 3 is 2.64 bits per heavy atom. The van der Waals surface area contributed by atoms with Gasteiger partial charge in [0, 0.05) is 25.9 Å². The van der Waals surface area contributed by atoms with Crippen molar-refractivity contribution in [2.45, 2.75) is 17.5 Å². The molecule has 7 heteroatoms. The molecule has 134 valence electrons. The van der Waals surface area contributed by atoms with Crippen LogP contribution in [0, 0.1) is 0 Å². The number of benzene rings is 2. The lowest BCUT2D eigenvalue weighted by atomic mass is 10.1. The van der Waals surface area contributed by atoms with E-state index in [2.05, 4.69) is 20.8 Å². The van der Waals surface area contributed by atoms with Crippen molar-refractivity contribution >= 4 is 25.8 Å². The minimum absolute atomic E-state index is 0.0987. The number of phenolic OH excluding ortho intramolecular Hbond substituents is 1. The molecule has 0 saturated carbocycles. The van der Waals surface area contributed by atoms with Gasteiger partial charge in [-0.05, 0) is 45.3 Å². The summed E-state index contributed by atoms with van der Waals surface area (Å²) in [7, 11) is -3.19. The Morgan fingerprint density at radius 1 is 1.24 bits per heavy atom. The summed E-state index contributed by atoms with van der Waals surface area (Å²) in [5.41, 5.74) is 1.99. The highest BCUT2D eigenvalue weighted by atomic mass is 79.9. The maximum Gasteiger partial charge on any atom is 0.175 e. The molecular formula is C18H20BrNO4S. The predicted octanol–water partition coefficient (Wildman–Crippen LogP) is 3.13. The van der Waals surface area contributed by atoms with E-state index in [0.29, 0.717) is 24.6 Å². The quantitative estimate of drug-likeness (QED) is 0.814. The molecule has 0 bridgehead atoms. The largest absolute Gasteiger partial charge is 0.507 e. The van der Waals surface area contributed by atoms with Crippen LogP contribution in [0.3, 0.4) is 0 Å². The fourth-order valence-electron chi connectivity index (χ4n) is 2.91. The van der Waals surface area contributed by atoms with Crippen LogP contribution in [0.5, 0.6) is 5.75 Å². The first-order valence-corrected chi connectivity index (χ1v) is 10.6. The maximum absolute atomic E-state index is 11.6. The number of hydrogen-bond donors (Lipinski definition) is 1. The molecule has 25 heavy (non-hydrogen) atoms. The summed E-state index contributed by atoms with van der Waals surface area (Å²) in [4.78, 5) is 2.57. The van der Waals surface area contributed by atoms with E-state index in [0.717, 1.165) is 22.1 Å². The van der Waals surface area contributed by atoms with Crippen molar-refractivity contribution in [1.82, 2.24) is 4.90 Å². The Bertz CT molecular complexity index is 852. The molecule has 1 heterocycles. The Balaban J connectivity index is 1.72. The zero-order valence-electron chi connectivity index (χ0n) is 13.9. The maximum atomic E-state index is 11.6. The highest BCUT2D eigenvalue weighted by Gasteiger charge is 2.23. The van der Waals surface area contributed by atoms with Crippen LogP contribution in [0.2, 0.25) is 0 Å². The summed E-state index contributed by atoms with van der Waals surface area (Å²) < 4.78 is 29.7. The van der Waals surface area contributed by atoms with E-state index in [9.17, 15) is 13.5 Å². The summed E-state index contributed by atoms with van der Waals surface area (Å²) in [5, 5.41) is 9.81. The molecule has 0 aromatic heterocycles. The SMILES string of the molecule is CS(=O)(=O)c1ccc(C2CN(Cc3cccc(O)c3Br)CCO2)cc1. The Labute approximate surface area is 156 Å². The van der Waals surface area contributed by atoms with Gasteiger partial charge < -0.3 is 9.84 Å². The molecule has 1 N–H and O–H groups in total. The van der Waals surface area contributed by atoms with E-state index in [1.54, 1.807) is 18.2 Å². The van der Waals surface area contributed by atoms with Crippen molar-refractivity contribution in [2.24, 2.45) is 0 Å². The van der Waals surface area contributed by atoms with Gasteiger partial charge in [-0.15, -0.1) is 0 Å². The topological polar surface area (TPSA) is 66.8 Å². The number of phenols is 1. The molecule has 1 atom stereocenters. The van der Waals surface area contributed by atoms with Crippen molar-refractivity contribution in [1.29, 1.82) is 0 Å². The zero-order chi connectivity index (χ0) is 18.0. The standard InChI is InChI=1S/C18H20BrNO4S/c1-25(22,23)15-7-5-13(6-8-15)17-12-20(9-10-24-17)11-14-3-2-4-16(21)18(14)19/h2-8,17,21H,9-12H2,1H3. The van der Waals surface area contributed by atoms with Crippen LogP contribution in [0.4, 0.5) is 0 Å². The van der Waals surface area contributed by atoms with Gasteiger partial charge in [-0.2, -0.15) is 0 Å². The van der Waals surface area contributed by atoms with E-state index in [4.69, 9.17) is 4.74 Å². The smallest absolute Gasteiger partial charge is 0.175 e. The van der Waals surface area contributed by atoms with Gasteiger partial charge >= 0.3 is 0 Å². The summed E-state index contributed by atoms with van der Waals surface area (Å²) in [6.07, 6.45) is 1.10. The third kappa shape index (κ3) is 4.41. The van der Waals surface area contributed by atoms with Crippen molar-refractivity contribution < 1.29 is 18.3 Å². The van der Waals surface area contributed by atoms with Crippen molar-refractivity contribution in [3.63, 3.8) is 0 Å². The number of hydrogen-bond acceptors (Lipinski definition) is 5. The van der Waals surface area contributed by atoms with E-state index >= 15 is 0 Å². The van der Waals surface area contributed by atoms with Crippen LogP contribution in [0.1, 0.15) is 17.2 Å². The average molecular weight is 426 g/mol. The van der Waals surface area contributed by atoms with Crippen LogP contribution in [-0.2, 0) is 21.1 Å². The zero-order valence-corrected chi connectivity index (χ0v) is 16.3. The number of halogens is 1. The van der Waals surface area contributed by atoms with Crippen molar-refractivity contribution in [3.8, 4) is 5.75 Å². The summed E-state index contributed by atoms with van der Waals surface area (Å²) >= 11 is 3.43. The summed E-state index contributed by atoms with van der Waals surface area (Å²) in [5.74, 6) is 0.235. The summed E-state index contributed by atoms with van der Waals surface area (Å²) in [6, 6.07) is 12.3. The van der Waals surface area contributed by atoms with E-state index in [1.807, 2.05) is 24.3 Å². The van der Waals surface area contributed by atoms with Crippen molar-refractivity contribution in [3.05, 3.63) is 58.1 Å². The molecule has 0 amide bonds. The highest BCUT2D eigenvalue weighted by Crippen LogP contribution is 2.30. The molecule has 1 aliphatic rings. The second-order valence-corrected chi connectivity index (χ2v) is 8.99. The molecular weight excluding hydrogens is 406 g/mol. The van der Waals surface area contributed by atoms with Gasteiger partial charge in [0.2, 0.25) is 0 Å². The Kier molecular flexibility index (Phi) is 5.48. The molecule has 1 fully saturated rings. The lowest BCUT2D eigenvalue weighted by molar-refractivity contribution is -0.0330. The molecule has 1 aliphatic heterocycles. The van der Waals surface area contributed by atoms with Crippen LogP contribution in [0.15, 0.2) is 51.8 Å². The highest BCUT2D eigenvalue weighted by molar-refractivity contribution is 9.10. The van der Waals surface area contributed by atoms with Crippen LogP contribution in [0.25, 0.3) is 0 Å². The Morgan fingerprint density at radius 2 is 1.96 bits per heavy atom. The molecule has 5 nitrogen and oxygen atoms in total. The normalized spacial score (nSPS) is 19.0. The second kappa shape index (κ2) is 7.45. The number of nitrogens with zero attached hydrogens (tertiary/aromatic N) is 1. The molecule has 3 rings (SSSR count). The van der Waals surface area contributed by atoms with Crippen LogP contribution >= 0.6 is 15.9 Å². The number of ether oxygens (including phenoxy) is 1. The van der Waals surface area contributed by atoms with E-state index in [-0.39, 0.29) is 11.9 Å². The van der Waals surface area contributed by atoms with Gasteiger partial charge in [0.15, 0.2) is 9.84 Å².